The molecule has 1 aromatic carbocycles. The summed E-state index contributed by atoms with van der Waals surface area (Å²) in [4.78, 5) is 0. The summed E-state index contributed by atoms with van der Waals surface area (Å²) >= 11 is 0. The Hall–Kier alpha value is -0.860. The maximum atomic E-state index is 6.16. The monoisotopic (exact) mass is 287 g/mol. The van der Waals surface area contributed by atoms with Gasteiger partial charge in [-0.2, -0.15) is 0 Å². The van der Waals surface area contributed by atoms with Gasteiger partial charge in [0.1, 0.15) is 0 Å². The van der Waals surface area contributed by atoms with Crippen LogP contribution < -0.4 is 5.32 Å². The topological polar surface area (TPSA) is 21.3 Å². The van der Waals surface area contributed by atoms with Gasteiger partial charge < -0.3 is 10.1 Å². The second kappa shape index (κ2) is 6.93. The van der Waals surface area contributed by atoms with Crippen LogP contribution in [0.1, 0.15) is 63.0 Å². The molecule has 1 spiro atoms. The van der Waals surface area contributed by atoms with Crippen LogP contribution >= 0.6 is 0 Å². The highest BCUT2D eigenvalue weighted by Crippen LogP contribution is 2.43. The summed E-state index contributed by atoms with van der Waals surface area (Å²) < 4.78 is 6.16. The van der Waals surface area contributed by atoms with Gasteiger partial charge in [0.05, 0.1) is 5.60 Å². The van der Waals surface area contributed by atoms with E-state index in [0.29, 0.717) is 6.04 Å². The van der Waals surface area contributed by atoms with E-state index in [1.165, 1.54) is 56.9 Å². The Balaban J connectivity index is 1.54. The molecule has 1 saturated carbocycles. The van der Waals surface area contributed by atoms with Crippen LogP contribution in [0.3, 0.4) is 0 Å². The third-order valence-corrected chi connectivity index (χ3v) is 5.52. The van der Waals surface area contributed by atoms with Crippen LogP contribution in [0.5, 0.6) is 0 Å². The normalized spacial score (nSPS) is 26.0. The fourth-order valence-corrected chi connectivity index (χ4v) is 4.31. The van der Waals surface area contributed by atoms with Gasteiger partial charge in [-0.1, -0.05) is 43.2 Å². The first-order chi connectivity index (χ1) is 10.3. The maximum Gasteiger partial charge on any atom is 0.0685 e. The van der Waals surface area contributed by atoms with Crippen LogP contribution in [-0.2, 0) is 4.74 Å². The maximum absolute atomic E-state index is 6.16. The van der Waals surface area contributed by atoms with Crippen molar-refractivity contribution in [2.24, 2.45) is 5.92 Å². The van der Waals surface area contributed by atoms with Gasteiger partial charge in [-0.15, -0.1) is 0 Å². The standard InChI is InChI=1S/C19H29NO/c1-20-18(17-7-3-2-4-8-17)10-9-16-11-14-21-19(15-16)12-5-6-13-19/h2-4,7-8,16,18,20H,5-6,9-15H2,1H3. The van der Waals surface area contributed by atoms with E-state index in [1.54, 1.807) is 0 Å². The Morgan fingerprint density at radius 3 is 2.71 bits per heavy atom. The molecule has 1 aliphatic heterocycles. The van der Waals surface area contributed by atoms with Gasteiger partial charge in [-0.05, 0) is 57.1 Å². The predicted molar refractivity (Wildman–Crippen MR) is 87.4 cm³/mol. The molecular weight excluding hydrogens is 258 g/mol. The van der Waals surface area contributed by atoms with E-state index in [2.05, 4.69) is 42.7 Å². The van der Waals surface area contributed by atoms with Crippen LogP contribution in [-0.4, -0.2) is 19.3 Å². The molecule has 0 radical (unpaired) electrons. The Labute approximate surface area is 129 Å². The zero-order chi connectivity index (χ0) is 14.5. The SMILES string of the molecule is CNC(CCC1CCOC2(CCCC2)C1)c1ccccc1. The molecule has 116 valence electrons. The van der Waals surface area contributed by atoms with E-state index in [1.807, 2.05) is 0 Å². The van der Waals surface area contributed by atoms with Crippen molar-refractivity contribution in [1.82, 2.24) is 5.32 Å². The summed E-state index contributed by atoms with van der Waals surface area (Å²) in [6.45, 7) is 0.986. The lowest BCUT2D eigenvalue weighted by molar-refractivity contribution is -0.0940. The van der Waals surface area contributed by atoms with Gasteiger partial charge in [0, 0.05) is 12.6 Å². The summed E-state index contributed by atoms with van der Waals surface area (Å²) in [7, 11) is 2.08. The van der Waals surface area contributed by atoms with E-state index in [-0.39, 0.29) is 5.60 Å². The van der Waals surface area contributed by atoms with Crippen LogP contribution in [0.4, 0.5) is 0 Å². The molecule has 1 heterocycles. The first-order valence-corrected chi connectivity index (χ1v) is 8.67. The zero-order valence-corrected chi connectivity index (χ0v) is 13.3. The van der Waals surface area contributed by atoms with Crippen LogP contribution in [0.2, 0.25) is 0 Å². The lowest BCUT2D eigenvalue weighted by Gasteiger charge is -2.38. The Bertz CT molecular complexity index is 424. The minimum absolute atomic E-state index is 0.269. The molecule has 1 aliphatic carbocycles. The van der Waals surface area contributed by atoms with Crippen molar-refractivity contribution in [3.8, 4) is 0 Å². The average Bonchev–Trinajstić information content (AvgIpc) is 2.97. The quantitative estimate of drug-likeness (QED) is 0.863. The third kappa shape index (κ3) is 3.67. The molecule has 2 unspecified atom stereocenters. The molecule has 21 heavy (non-hydrogen) atoms. The van der Waals surface area contributed by atoms with Crippen molar-refractivity contribution in [2.75, 3.05) is 13.7 Å². The molecule has 0 amide bonds. The van der Waals surface area contributed by atoms with Gasteiger partial charge >= 0.3 is 0 Å². The number of benzene rings is 1. The van der Waals surface area contributed by atoms with Crippen molar-refractivity contribution < 1.29 is 4.74 Å². The number of rotatable bonds is 5. The molecule has 0 aromatic heterocycles. The van der Waals surface area contributed by atoms with Gasteiger partial charge in [-0.3, -0.25) is 0 Å². The largest absolute Gasteiger partial charge is 0.375 e. The molecule has 1 saturated heterocycles. The van der Waals surface area contributed by atoms with E-state index >= 15 is 0 Å². The lowest BCUT2D eigenvalue weighted by atomic mass is 9.81. The van der Waals surface area contributed by atoms with Crippen molar-refractivity contribution in [3.63, 3.8) is 0 Å². The summed E-state index contributed by atoms with van der Waals surface area (Å²) in [5.74, 6) is 0.858. The fourth-order valence-electron chi connectivity index (χ4n) is 4.31. The third-order valence-electron chi connectivity index (χ3n) is 5.52. The number of hydrogen-bond acceptors (Lipinski definition) is 2. The molecule has 1 N–H and O–H groups in total. The molecule has 2 nitrogen and oxygen atoms in total. The highest BCUT2D eigenvalue weighted by atomic mass is 16.5. The van der Waals surface area contributed by atoms with Gasteiger partial charge in [0.25, 0.3) is 0 Å². The molecule has 2 aliphatic rings. The molecule has 0 bridgehead atoms. The number of ether oxygens (including phenoxy) is 1. The highest BCUT2D eigenvalue weighted by Gasteiger charge is 2.39. The predicted octanol–water partition coefficient (Wildman–Crippen LogP) is 4.47. The van der Waals surface area contributed by atoms with Crippen molar-refractivity contribution in [3.05, 3.63) is 35.9 Å². The Morgan fingerprint density at radius 1 is 1.24 bits per heavy atom. The Morgan fingerprint density at radius 2 is 2.00 bits per heavy atom. The summed E-state index contributed by atoms with van der Waals surface area (Å²) in [5, 5.41) is 3.49. The first-order valence-electron chi connectivity index (χ1n) is 8.67. The Kier molecular flexibility index (Phi) is 4.97. The van der Waals surface area contributed by atoms with Gasteiger partial charge in [0.2, 0.25) is 0 Å². The zero-order valence-electron chi connectivity index (χ0n) is 13.3. The number of nitrogens with one attached hydrogen (secondary N) is 1. The van der Waals surface area contributed by atoms with Crippen LogP contribution in [0, 0.1) is 5.92 Å². The summed E-state index contributed by atoms with van der Waals surface area (Å²) in [5.41, 5.74) is 1.69. The number of hydrogen-bond donors (Lipinski definition) is 1. The second-order valence-electron chi connectivity index (χ2n) is 6.93. The molecular formula is C19H29NO. The van der Waals surface area contributed by atoms with E-state index in [4.69, 9.17) is 4.74 Å². The van der Waals surface area contributed by atoms with Crippen molar-refractivity contribution in [1.29, 1.82) is 0 Å². The minimum atomic E-state index is 0.269. The second-order valence-corrected chi connectivity index (χ2v) is 6.93. The molecule has 2 heteroatoms. The lowest BCUT2D eigenvalue weighted by Crippen LogP contribution is -2.37. The van der Waals surface area contributed by atoms with E-state index < -0.39 is 0 Å². The minimum Gasteiger partial charge on any atom is -0.375 e. The molecule has 2 atom stereocenters. The molecule has 3 rings (SSSR count). The highest BCUT2D eigenvalue weighted by molar-refractivity contribution is 5.18. The smallest absolute Gasteiger partial charge is 0.0685 e. The van der Waals surface area contributed by atoms with E-state index in [0.717, 1.165) is 12.5 Å². The van der Waals surface area contributed by atoms with Gasteiger partial charge in [0.15, 0.2) is 0 Å². The molecule has 1 aromatic rings. The van der Waals surface area contributed by atoms with Crippen LogP contribution in [0.15, 0.2) is 30.3 Å². The fraction of sp³-hybridized carbons (Fsp3) is 0.684. The summed E-state index contributed by atoms with van der Waals surface area (Å²) in [6.07, 6.45) is 10.5. The molecule has 2 fully saturated rings. The van der Waals surface area contributed by atoms with Crippen molar-refractivity contribution in [2.45, 2.75) is 63.0 Å². The van der Waals surface area contributed by atoms with Crippen LogP contribution in [0.25, 0.3) is 0 Å². The van der Waals surface area contributed by atoms with Gasteiger partial charge in [-0.25, -0.2) is 0 Å². The average molecular weight is 287 g/mol. The summed E-state index contributed by atoms with van der Waals surface area (Å²) in [6, 6.07) is 11.4. The van der Waals surface area contributed by atoms with E-state index in [9.17, 15) is 0 Å². The van der Waals surface area contributed by atoms with Crippen molar-refractivity contribution >= 4 is 0 Å². The first kappa shape index (κ1) is 15.1.